The number of aliphatic hydroxyl groups is 1. The number of thiol groups is 1. The van der Waals surface area contributed by atoms with Crippen molar-refractivity contribution >= 4 is 75.4 Å². The first-order valence-electron chi connectivity index (χ1n) is 18.3. The number of carbonyl (C=O) groups is 3. The Morgan fingerprint density at radius 3 is 2.36 bits per heavy atom. The predicted octanol–water partition coefficient (Wildman–Crippen LogP) is 6.08. The Bertz CT molecular complexity index is 2240. The second-order valence-corrected chi connectivity index (χ2v) is 17.3. The van der Waals surface area contributed by atoms with E-state index >= 15 is 0 Å². The maximum atomic E-state index is 14.0. The molecule has 1 N–H and O–H groups in total. The molecule has 20 heteroatoms. The second-order valence-electron chi connectivity index (χ2n) is 13.9. The molecule has 4 aliphatic rings. The number of aliphatic hydroxyl groups excluding tert-OH is 1. The molecule has 0 saturated carbocycles. The lowest BCUT2D eigenvalue weighted by atomic mass is 10.1. The third kappa shape index (κ3) is 8.80. The molecule has 0 spiro atoms. The molecule has 4 aliphatic heterocycles. The maximum absolute atomic E-state index is 14.0. The van der Waals surface area contributed by atoms with Gasteiger partial charge in [0.1, 0.15) is 11.6 Å². The summed E-state index contributed by atoms with van der Waals surface area (Å²) in [4.78, 5) is 64.7. The van der Waals surface area contributed by atoms with E-state index in [4.69, 9.17) is 23.7 Å². The second kappa shape index (κ2) is 17.8. The molecule has 4 unspecified atom stereocenters. The first-order valence-corrected chi connectivity index (χ1v) is 21.0. The highest BCUT2D eigenvalue weighted by molar-refractivity contribution is 8.78. The Morgan fingerprint density at radius 1 is 0.983 bits per heavy atom. The number of nitrogens with zero attached hydrogens (tertiary/aromatic N) is 6. The zero-order chi connectivity index (χ0) is 42.0. The van der Waals surface area contributed by atoms with Crippen LogP contribution in [-0.4, -0.2) is 119 Å². The van der Waals surface area contributed by atoms with Gasteiger partial charge in [0.2, 0.25) is 0 Å². The van der Waals surface area contributed by atoms with Gasteiger partial charge in [-0.1, -0.05) is 35.1 Å². The minimum Gasteiger partial charge on any atom is -0.493 e. The molecule has 17 nitrogen and oxygen atoms in total. The van der Waals surface area contributed by atoms with Gasteiger partial charge in [-0.25, -0.2) is 14.7 Å². The topological polar surface area (TPSA) is 196 Å². The van der Waals surface area contributed by atoms with E-state index < -0.39 is 33.8 Å². The fourth-order valence-corrected chi connectivity index (χ4v) is 9.25. The molecular formula is C39H40N6O11S3. The van der Waals surface area contributed by atoms with E-state index in [1.807, 2.05) is 0 Å². The minimum absolute atomic E-state index is 0.0488. The number of anilines is 1. The molecule has 0 bridgehead atoms. The lowest BCUT2D eigenvalue weighted by Crippen LogP contribution is -2.51. The summed E-state index contributed by atoms with van der Waals surface area (Å²) in [6, 6.07) is 7.87. The number of carbonyl (C=O) groups excluding carboxylic acids is 3. The summed E-state index contributed by atoms with van der Waals surface area (Å²) in [5, 5.41) is 23.2. The van der Waals surface area contributed by atoms with Crippen LogP contribution in [0.5, 0.6) is 23.0 Å². The highest BCUT2D eigenvalue weighted by Crippen LogP contribution is 2.43. The molecule has 310 valence electrons. The summed E-state index contributed by atoms with van der Waals surface area (Å²) in [5.41, 5.74) is 2.58. The van der Waals surface area contributed by atoms with Gasteiger partial charge in [-0.15, -0.1) is 0 Å². The van der Waals surface area contributed by atoms with Crippen molar-refractivity contribution in [3.63, 3.8) is 0 Å². The van der Waals surface area contributed by atoms with Gasteiger partial charge in [-0.05, 0) is 35.8 Å². The maximum Gasteiger partial charge on any atom is 0.416 e. The summed E-state index contributed by atoms with van der Waals surface area (Å²) < 4.78 is 28.4. The molecule has 2 saturated heterocycles. The van der Waals surface area contributed by atoms with Crippen molar-refractivity contribution in [1.29, 1.82) is 0 Å². The summed E-state index contributed by atoms with van der Waals surface area (Å²) in [7, 11) is 5.19. The molecule has 7 rings (SSSR count). The summed E-state index contributed by atoms with van der Waals surface area (Å²) >= 11 is 4.50. The number of rotatable bonds is 14. The number of ether oxygens (including phenoxy) is 5. The van der Waals surface area contributed by atoms with E-state index in [9.17, 15) is 29.6 Å². The van der Waals surface area contributed by atoms with Crippen LogP contribution in [0.3, 0.4) is 0 Å². The molecule has 3 aromatic rings. The number of aliphatic imine (C=N–C) groups is 1. The van der Waals surface area contributed by atoms with Gasteiger partial charge in [-0.2, -0.15) is 12.6 Å². The average molecular weight is 865 g/mol. The number of nitro groups is 1. The number of fused-ring (bicyclic) bond motifs is 4. The lowest BCUT2D eigenvalue weighted by Gasteiger charge is -2.31. The van der Waals surface area contributed by atoms with Crippen LogP contribution < -0.4 is 23.8 Å². The summed E-state index contributed by atoms with van der Waals surface area (Å²) in [6.45, 7) is 8.76. The predicted molar refractivity (Wildman–Crippen MR) is 224 cm³/mol. The average Bonchev–Trinajstić information content (AvgIpc) is 3.77. The van der Waals surface area contributed by atoms with Gasteiger partial charge in [0.25, 0.3) is 17.5 Å². The Labute approximate surface area is 352 Å². The number of pyridine rings is 1. The van der Waals surface area contributed by atoms with Crippen LogP contribution in [0.1, 0.15) is 40.0 Å². The van der Waals surface area contributed by atoms with Crippen molar-refractivity contribution in [2.45, 2.75) is 47.2 Å². The highest BCUT2D eigenvalue weighted by Gasteiger charge is 2.46. The molecule has 2 aromatic carbocycles. The molecule has 59 heavy (non-hydrogen) atoms. The molecule has 0 aliphatic carbocycles. The van der Waals surface area contributed by atoms with E-state index in [2.05, 4.69) is 35.8 Å². The lowest BCUT2D eigenvalue weighted by molar-refractivity contribution is -0.385. The van der Waals surface area contributed by atoms with E-state index in [-0.39, 0.29) is 73.2 Å². The van der Waals surface area contributed by atoms with Crippen LogP contribution >= 0.6 is 34.2 Å². The standard InChI is InChI=1S/C39H40N6O11S3/c1-21-10-24-17-41-27-15-32(30(52-3)13-25(27)36(46)42(24)18-21)54-8-5-9-55-33-16-28-26(14-31(33)53-4)37(47)43-19-22(2)11-29(43)38(48)44(28)39(49)56-20-35(57)59-58-34-12-23(45(50)51)6-7-40-34/h6-7,12-17,24,29,35,38,48,57H,1-2,5,8-11,18-20H2,3-4H3. The normalized spacial score (nSPS) is 19.9. The fourth-order valence-electron chi connectivity index (χ4n) is 7.12. The van der Waals surface area contributed by atoms with Crippen molar-refractivity contribution < 1.29 is 48.1 Å². The molecule has 5 heterocycles. The molecule has 0 radical (unpaired) electrons. The third-order valence-electron chi connectivity index (χ3n) is 9.91. The van der Waals surface area contributed by atoms with Crippen LogP contribution in [0, 0.1) is 10.1 Å². The Hall–Kier alpha value is -5.44. The first kappa shape index (κ1) is 41.7. The van der Waals surface area contributed by atoms with E-state index in [0.29, 0.717) is 52.7 Å². The Kier molecular flexibility index (Phi) is 12.6. The van der Waals surface area contributed by atoms with Gasteiger partial charge in [0, 0.05) is 56.2 Å². The van der Waals surface area contributed by atoms with Crippen molar-refractivity contribution in [1.82, 2.24) is 14.8 Å². The molecule has 3 amide bonds. The van der Waals surface area contributed by atoms with Gasteiger partial charge < -0.3 is 38.6 Å². The SMILES string of the molecule is C=C1CC2C=Nc3cc(OCCCOc4cc5c(cc4OC)C(=O)N4CC(=C)CC4C(O)N5C(=O)OCC(S)SSc4cc([N+](=O)[O-])ccn4)c(OC)cc3C(=O)N2C1. The minimum atomic E-state index is -1.51. The van der Waals surface area contributed by atoms with E-state index in [1.165, 1.54) is 49.6 Å². The quantitative estimate of drug-likeness (QED) is 0.0360. The fraction of sp³-hybridized carbons (Fsp3) is 0.359. The van der Waals surface area contributed by atoms with Gasteiger partial charge in [0.05, 0.1) is 71.5 Å². The molecule has 2 fully saturated rings. The van der Waals surface area contributed by atoms with Gasteiger partial charge in [0.15, 0.2) is 29.2 Å². The number of hydrogen-bond donors (Lipinski definition) is 2. The van der Waals surface area contributed by atoms with Gasteiger partial charge in [-0.3, -0.25) is 24.7 Å². The number of aromatic nitrogens is 1. The van der Waals surface area contributed by atoms with Crippen LogP contribution in [0.4, 0.5) is 21.9 Å². The van der Waals surface area contributed by atoms with E-state index in [0.717, 1.165) is 32.1 Å². The van der Waals surface area contributed by atoms with Crippen LogP contribution in [0.25, 0.3) is 0 Å². The van der Waals surface area contributed by atoms with Crippen LogP contribution in [0.2, 0.25) is 0 Å². The molecule has 4 atom stereocenters. The summed E-state index contributed by atoms with van der Waals surface area (Å²) in [6.07, 6.45) is 1.92. The number of amides is 3. The number of benzene rings is 2. The van der Waals surface area contributed by atoms with Gasteiger partial charge >= 0.3 is 6.09 Å². The number of hydrogen-bond acceptors (Lipinski definition) is 16. The van der Waals surface area contributed by atoms with Crippen molar-refractivity contribution in [3.8, 4) is 23.0 Å². The summed E-state index contributed by atoms with van der Waals surface area (Å²) in [5.74, 6) is 0.589. The first-order chi connectivity index (χ1) is 28.4. The zero-order valence-electron chi connectivity index (χ0n) is 32.0. The highest BCUT2D eigenvalue weighted by atomic mass is 33.1. The molecule has 1 aromatic heterocycles. The largest absolute Gasteiger partial charge is 0.493 e. The van der Waals surface area contributed by atoms with Crippen LogP contribution in [-0.2, 0) is 4.74 Å². The van der Waals surface area contributed by atoms with Crippen molar-refractivity contribution in [2.24, 2.45) is 4.99 Å². The third-order valence-corrected chi connectivity index (χ3v) is 13.1. The Balaban J connectivity index is 1.04. The monoisotopic (exact) mass is 864 g/mol. The number of methoxy groups -OCH3 is 2. The zero-order valence-corrected chi connectivity index (χ0v) is 34.5. The van der Waals surface area contributed by atoms with Crippen LogP contribution in [0.15, 0.2) is 76.9 Å². The smallest absolute Gasteiger partial charge is 0.416 e. The van der Waals surface area contributed by atoms with E-state index in [1.54, 1.807) is 23.2 Å². The Morgan fingerprint density at radius 2 is 1.64 bits per heavy atom. The van der Waals surface area contributed by atoms with Crippen molar-refractivity contribution in [3.05, 3.63) is 88.1 Å². The molecular weight excluding hydrogens is 825 g/mol. The van der Waals surface area contributed by atoms with Crippen molar-refractivity contribution in [2.75, 3.05) is 52.0 Å².